The van der Waals surface area contributed by atoms with Gasteiger partial charge in [0.05, 0.1) is 6.04 Å². The van der Waals surface area contributed by atoms with Crippen LogP contribution < -0.4 is 10.6 Å². The van der Waals surface area contributed by atoms with E-state index in [9.17, 15) is 5.11 Å². The van der Waals surface area contributed by atoms with Gasteiger partial charge >= 0.3 is 0 Å². The molecule has 0 saturated heterocycles. The van der Waals surface area contributed by atoms with Crippen LogP contribution in [0, 0.1) is 0 Å². The molecule has 1 unspecified atom stereocenters. The van der Waals surface area contributed by atoms with Crippen LogP contribution in [0.4, 0.5) is 5.69 Å². The maximum Gasteiger partial charge on any atom is 0.115 e. The first kappa shape index (κ1) is 13.7. The van der Waals surface area contributed by atoms with Crippen molar-refractivity contribution in [1.29, 1.82) is 0 Å². The molecule has 0 saturated carbocycles. The van der Waals surface area contributed by atoms with Crippen molar-refractivity contribution >= 4 is 17.3 Å². The molecule has 0 aliphatic heterocycles. The zero-order valence-corrected chi connectivity index (χ0v) is 11.5. The van der Waals surface area contributed by atoms with Crippen LogP contribution in [-0.2, 0) is 0 Å². The number of hydrogen-bond donors (Lipinski definition) is 2. The van der Waals surface area contributed by atoms with Gasteiger partial charge in [0, 0.05) is 24.3 Å². The van der Waals surface area contributed by atoms with E-state index in [2.05, 4.69) is 4.90 Å². The number of likely N-dealkylation sites (N-methyl/N-ethyl adjacent to an activating group) is 1. The third-order valence-electron chi connectivity index (χ3n) is 3.18. The first-order chi connectivity index (χ1) is 9.11. The fourth-order valence-corrected chi connectivity index (χ4v) is 2.30. The Balaban J connectivity index is 2.28. The Morgan fingerprint density at radius 2 is 1.89 bits per heavy atom. The van der Waals surface area contributed by atoms with Gasteiger partial charge in [0.1, 0.15) is 5.75 Å². The molecule has 100 valence electrons. The summed E-state index contributed by atoms with van der Waals surface area (Å²) in [6.45, 7) is 0.484. The quantitative estimate of drug-likeness (QED) is 0.902. The number of rotatable bonds is 4. The minimum atomic E-state index is 0.0447. The summed E-state index contributed by atoms with van der Waals surface area (Å²) >= 11 is 6.02. The van der Waals surface area contributed by atoms with Crippen LogP contribution in [0.25, 0.3) is 0 Å². The van der Waals surface area contributed by atoms with Gasteiger partial charge in [0.2, 0.25) is 0 Å². The number of nitrogens with two attached hydrogens (primary N) is 1. The number of anilines is 1. The minimum absolute atomic E-state index is 0.0447. The summed E-state index contributed by atoms with van der Waals surface area (Å²) in [7, 11) is 1.98. The second-order valence-electron chi connectivity index (χ2n) is 4.43. The molecule has 19 heavy (non-hydrogen) atoms. The Hall–Kier alpha value is -1.71. The summed E-state index contributed by atoms with van der Waals surface area (Å²) in [5.41, 5.74) is 7.96. The number of phenols is 1. The molecule has 2 aromatic rings. The second-order valence-corrected chi connectivity index (χ2v) is 4.87. The van der Waals surface area contributed by atoms with E-state index < -0.39 is 0 Å². The van der Waals surface area contributed by atoms with Crippen molar-refractivity contribution in [2.24, 2.45) is 5.73 Å². The Labute approximate surface area is 118 Å². The maximum atomic E-state index is 9.33. The van der Waals surface area contributed by atoms with E-state index in [0.29, 0.717) is 11.6 Å². The van der Waals surface area contributed by atoms with Crippen LogP contribution in [-0.4, -0.2) is 18.7 Å². The molecule has 0 amide bonds. The largest absolute Gasteiger partial charge is 0.508 e. The lowest BCUT2D eigenvalue weighted by Crippen LogP contribution is -2.30. The molecule has 0 fully saturated rings. The molecule has 0 spiro atoms. The fraction of sp³-hybridized carbons (Fsp3) is 0.200. The topological polar surface area (TPSA) is 49.5 Å². The highest BCUT2D eigenvalue weighted by Crippen LogP contribution is 2.27. The highest BCUT2D eigenvalue weighted by molar-refractivity contribution is 6.30. The van der Waals surface area contributed by atoms with Gasteiger partial charge in [-0.2, -0.15) is 0 Å². The lowest BCUT2D eigenvalue weighted by molar-refractivity contribution is 0.475. The van der Waals surface area contributed by atoms with Crippen LogP contribution in [0.15, 0.2) is 48.5 Å². The first-order valence-corrected chi connectivity index (χ1v) is 6.47. The normalized spacial score (nSPS) is 12.2. The van der Waals surface area contributed by atoms with Crippen molar-refractivity contribution in [3.8, 4) is 5.75 Å². The molecule has 0 aromatic heterocycles. The average Bonchev–Trinajstić information content (AvgIpc) is 2.40. The third-order valence-corrected chi connectivity index (χ3v) is 3.42. The Morgan fingerprint density at radius 1 is 1.21 bits per heavy atom. The molecule has 0 heterocycles. The summed E-state index contributed by atoms with van der Waals surface area (Å²) in [5, 5.41) is 10.0. The Kier molecular flexibility index (Phi) is 4.30. The molecule has 3 N–H and O–H groups in total. The number of hydrogen-bond acceptors (Lipinski definition) is 3. The van der Waals surface area contributed by atoms with Crippen molar-refractivity contribution in [1.82, 2.24) is 0 Å². The standard InChI is InChI=1S/C15H17ClN2O/c1-18(13-5-7-14(19)8-6-13)15(10-17)11-3-2-4-12(16)9-11/h2-9,15,19H,10,17H2,1H3. The monoisotopic (exact) mass is 276 g/mol. The molecule has 0 bridgehead atoms. The SMILES string of the molecule is CN(c1ccc(O)cc1)C(CN)c1cccc(Cl)c1. The molecule has 0 aliphatic carbocycles. The molecule has 3 nitrogen and oxygen atoms in total. The van der Waals surface area contributed by atoms with Gasteiger partial charge in [-0.1, -0.05) is 23.7 Å². The lowest BCUT2D eigenvalue weighted by atomic mass is 10.1. The van der Waals surface area contributed by atoms with Crippen molar-refractivity contribution in [2.45, 2.75) is 6.04 Å². The molecular weight excluding hydrogens is 260 g/mol. The van der Waals surface area contributed by atoms with E-state index in [1.54, 1.807) is 12.1 Å². The molecular formula is C15H17ClN2O. The van der Waals surface area contributed by atoms with Crippen molar-refractivity contribution in [3.05, 3.63) is 59.1 Å². The number of benzene rings is 2. The number of aromatic hydroxyl groups is 1. The van der Waals surface area contributed by atoms with Gasteiger partial charge < -0.3 is 15.7 Å². The summed E-state index contributed by atoms with van der Waals surface area (Å²) < 4.78 is 0. The fourth-order valence-electron chi connectivity index (χ4n) is 2.10. The molecule has 0 radical (unpaired) electrons. The van der Waals surface area contributed by atoms with E-state index >= 15 is 0 Å². The number of halogens is 1. The summed E-state index contributed by atoms with van der Waals surface area (Å²) in [4.78, 5) is 2.07. The van der Waals surface area contributed by atoms with Gasteiger partial charge in [-0.3, -0.25) is 0 Å². The molecule has 0 aliphatic rings. The zero-order valence-electron chi connectivity index (χ0n) is 10.8. The van der Waals surface area contributed by atoms with Gasteiger partial charge in [-0.25, -0.2) is 0 Å². The number of nitrogens with zero attached hydrogens (tertiary/aromatic N) is 1. The third kappa shape index (κ3) is 3.19. The Bertz CT molecular complexity index is 542. The van der Waals surface area contributed by atoms with Crippen LogP contribution in [0.2, 0.25) is 5.02 Å². The zero-order chi connectivity index (χ0) is 13.8. The van der Waals surface area contributed by atoms with Gasteiger partial charge in [-0.15, -0.1) is 0 Å². The van der Waals surface area contributed by atoms with Crippen molar-refractivity contribution in [3.63, 3.8) is 0 Å². The summed E-state index contributed by atoms with van der Waals surface area (Å²) in [6.07, 6.45) is 0. The second kappa shape index (κ2) is 5.95. The molecule has 2 aromatic carbocycles. The van der Waals surface area contributed by atoms with Gasteiger partial charge in [-0.05, 0) is 42.0 Å². The first-order valence-electron chi connectivity index (χ1n) is 6.09. The van der Waals surface area contributed by atoms with E-state index in [4.69, 9.17) is 17.3 Å². The molecule has 4 heteroatoms. The van der Waals surface area contributed by atoms with E-state index in [-0.39, 0.29) is 11.8 Å². The van der Waals surface area contributed by atoms with Gasteiger partial charge in [0.15, 0.2) is 0 Å². The lowest BCUT2D eigenvalue weighted by Gasteiger charge is -2.29. The maximum absolute atomic E-state index is 9.33. The summed E-state index contributed by atoms with van der Waals surface area (Å²) in [5.74, 6) is 0.254. The van der Waals surface area contributed by atoms with Crippen LogP contribution >= 0.6 is 11.6 Å². The van der Waals surface area contributed by atoms with Crippen molar-refractivity contribution < 1.29 is 5.11 Å². The van der Waals surface area contributed by atoms with Crippen molar-refractivity contribution in [2.75, 3.05) is 18.5 Å². The van der Waals surface area contributed by atoms with Crippen LogP contribution in [0.5, 0.6) is 5.75 Å². The minimum Gasteiger partial charge on any atom is -0.508 e. The number of phenolic OH excluding ortho intramolecular Hbond substituents is 1. The van der Waals surface area contributed by atoms with E-state index in [0.717, 1.165) is 11.3 Å². The van der Waals surface area contributed by atoms with Crippen LogP contribution in [0.1, 0.15) is 11.6 Å². The smallest absolute Gasteiger partial charge is 0.115 e. The van der Waals surface area contributed by atoms with E-state index in [1.165, 1.54) is 0 Å². The summed E-state index contributed by atoms with van der Waals surface area (Å²) in [6, 6.07) is 14.8. The Morgan fingerprint density at radius 3 is 2.47 bits per heavy atom. The molecule has 2 rings (SSSR count). The van der Waals surface area contributed by atoms with E-state index in [1.807, 2.05) is 43.4 Å². The predicted molar refractivity (Wildman–Crippen MR) is 79.8 cm³/mol. The van der Waals surface area contributed by atoms with Crippen LogP contribution in [0.3, 0.4) is 0 Å². The highest BCUT2D eigenvalue weighted by Gasteiger charge is 2.16. The predicted octanol–water partition coefficient (Wildman–Crippen LogP) is 3.18. The average molecular weight is 277 g/mol. The molecule has 1 atom stereocenters. The highest BCUT2D eigenvalue weighted by atomic mass is 35.5. The van der Waals surface area contributed by atoms with Gasteiger partial charge in [0.25, 0.3) is 0 Å².